The number of fused-ring (bicyclic) bond motifs is 1. The molecule has 0 spiro atoms. The molecule has 1 aromatic heterocycles. The fourth-order valence-corrected chi connectivity index (χ4v) is 2.82. The molecule has 2 rings (SSSR count). The minimum absolute atomic E-state index is 0.473. The molecule has 0 N–H and O–H groups in total. The van der Waals surface area contributed by atoms with Crippen LogP contribution in [0.3, 0.4) is 0 Å². The second-order valence-electron chi connectivity index (χ2n) is 3.10. The Morgan fingerprint density at radius 1 is 1.31 bits per heavy atom. The molecule has 1 heterocycles. The van der Waals surface area contributed by atoms with E-state index in [1.807, 2.05) is 6.07 Å². The molecule has 1 aromatic carbocycles. The minimum Gasteiger partial charge on any atom is -0.493 e. The summed E-state index contributed by atoms with van der Waals surface area (Å²) < 4.78 is 11.3. The fourth-order valence-electron chi connectivity index (χ4n) is 1.52. The summed E-state index contributed by atoms with van der Waals surface area (Å²) in [5, 5.41) is 1.28. The molecule has 84 valence electrons. The molecule has 5 heteroatoms. The highest BCUT2D eigenvalue weighted by Gasteiger charge is 2.15. The van der Waals surface area contributed by atoms with E-state index >= 15 is 0 Å². The van der Waals surface area contributed by atoms with Crippen LogP contribution in [0.4, 0.5) is 0 Å². The predicted molar refractivity (Wildman–Crippen MR) is 65.3 cm³/mol. The summed E-state index contributed by atoms with van der Waals surface area (Å²) in [5.74, 6) is 1.06. The summed E-state index contributed by atoms with van der Waals surface area (Å²) in [7, 11) is 3.08. The lowest BCUT2D eigenvalue weighted by atomic mass is 10.2. The predicted octanol–water partition coefficient (Wildman–Crippen LogP) is 3.38. The zero-order chi connectivity index (χ0) is 11.7. The first kappa shape index (κ1) is 11.2. The number of halogens is 1. The topological polar surface area (TPSA) is 35.5 Å². The van der Waals surface area contributed by atoms with Gasteiger partial charge in [0.05, 0.1) is 24.1 Å². The second kappa shape index (κ2) is 4.31. The quantitative estimate of drug-likeness (QED) is 0.790. The molecule has 16 heavy (non-hydrogen) atoms. The van der Waals surface area contributed by atoms with Crippen LogP contribution in [0.15, 0.2) is 12.1 Å². The SMILES string of the molecule is COc1cc2sc(C=O)cc2c(Cl)c1OC. The lowest BCUT2D eigenvalue weighted by Gasteiger charge is -2.09. The molecule has 0 unspecified atom stereocenters. The molecule has 0 fully saturated rings. The van der Waals surface area contributed by atoms with Crippen LogP contribution in [0.25, 0.3) is 10.1 Å². The summed E-state index contributed by atoms with van der Waals surface area (Å²) in [5.41, 5.74) is 0. The Labute approximate surface area is 102 Å². The van der Waals surface area contributed by atoms with Gasteiger partial charge in [-0.25, -0.2) is 0 Å². The highest BCUT2D eigenvalue weighted by molar-refractivity contribution is 7.20. The molecule has 0 aliphatic carbocycles. The molecule has 0 bridgehead atoms. The molecule has 0 aliphatic heterocycles. The van der Waals surface area contributed by atoms with Gasteiger partial charge in [0.2, 0.25) is 0 Å². The summed E-state index contributed by atoms with van der Waals surface area (Å²) in [4.78, 5) is 11.3. The van der Waals surface area contributed by atoms with Crippen LogP contribution in [-0.4, -0.2) is 20.5 Å². The van der Waals surface area contributed by atoms with Gasteiger partial charge in [0.25, 0.3) is 0 Å². The first-order valence-electron chi connectivity index (χ1n) is 4.50. The van der Waals surface area contributed by atoms with Crippen molar-refractivity contribution in [2.24, 2.45) is 0 Å². The number of aldehydes is 1. The summed E-state index contributed by atoms with van der Waals surface area (Å²) in [6.07, 6.45) is 0.806. The maximum absolute atomic E-state index is 10.7. The standard InChI is InChI=1S/C11H9ClO3S/c1-14-8-4-9-7(3-6(5-13)16-9)10(12)11(8)15-2/h3-5H,1-2H3. The largest absolute Gasteiger partial charge is 0.493 e. The average molecular weight is 257 g/mol. The number of carbonyl (C=O) groups excluding carboxylic acids is 1. The number of rotatable bonds is 3. The van der Waals surface area contributed by atoms with Gasteiger partial charge in [-0.05, 0) is 6.07 Å². The molecule has 0 radical (unpaired) electrons. The molecule has 0 atom stereocenters. The van der Waals surface area contributed by atoms with Gasteiger partial charge in [0.1, 0.15) is 0 Å². The Hall–Kier alpha value is -1.26. The monoisotopic (exact) mass is 256 g/mol. The molecule has 0 saturated heterocycles. The minimum atomic E-state index is 0.473. The van der Waals surface area contributed by atoms with Crippen LogP contribution in [0.2, 0.25) is 5.02 Å². The van der Waals surface area contributed by atoms with E-state index in [-0.39, 0.29) is 0 Å². The van der Waals surface area contributed by atoms with Crippen LogP contribution in [0, 0.1) is 0 Å². The van der Waals surface area contributed by atoms with Gasteiger partial charge >= 0.3 is 0 Å². The third-order valence-corrected chi connectivity index (χ3v) is 3.62. The molecule has 0 saturated carbocycles. The Kier molecular flexibility index (Phi) is 3.03. The highest BCUT2D eigenvalue weighted by atomic mass is 35.5. The van der Waals surface area contributed by atoms with Crippen LogP contribution in [0.1, 0.15) is 9.67 Å². The Morgan fingerprint density at radius 2 is 2.06 bits per heavy atom. The number of carbonyl (C=O) groups is 1. The number of benzene rings is 1. The first-order chi connectivity index (χ1) is 7.71. The highest BCUT2D eigenvalue weighted by Crippen LogP contribution is 2.43. The van der Waals surface area contributed by atoms with E-state index in [0.717, 1.165) is 16.4 Å². The summed E-state index contributed by atoms with van der Waals surface area (Å²) >= 11 is 7.55. The zero-order valence-electron chi connectivity index (χ0n) is 8.74. The lowest BCUT2D eigenvalue weighted by Crippen LogP contribution is -1.90. The maximum Gasteiger partial charge on any atom is 0.180 e. The van der Waals surface area contributed by atoms with Crippen molar-refractivity contribution in [3.8, 4) is 11.5 Å². The van der Waals surface area contributed by atoms with Gasteiger partial charge in [0, 0.05) is 16.2 Å². The molecular weight excluding hydrogens is 248 g/mol. The van der Waals surface area contributed by atoms with E-state index in [1.165, 1.54) is 18.4 Å². The van der Waals surface area contributed by atoms with Crippen molar-refractivity contribution < 1.29 is 14.3 Å². The first-order valence-corrected chi connectivity index (χ1v) is 5.70. The van der Waals surface area contributed by atoms with Crippen LogP contribution >= 0.6 is 22.9 Å². The van der Waals surface area contributed by atoms with Crippen LogP contribution in [0.5, 0.6) is 11.5 Å². The zero-order valence-corrected chi connectivity index (χ0v) is 10.3. The summed E-state index contributed by atoms with van der Waals surface area (Å²) in [6.45, 7) is 0. The maximum atomic E-state index is 10.7. The van der Waals surface area contributed by atoms with E-state index < -0.39 is 0 Å². The Bertz CT molecular complexity index is 548. The van der Waals surface area contributed by atoms with E-state index in [0.29, 0.717) is 21.4 Å². The number of ether oxygens (including phenoxy) is 2. The van der Waals surface area contributed by atoms with Crippen molar-refractivity contribution in [1.82, 2.24) is 0 Å². The molecule has 0 amide bonds. The Balaban J connectivity index is 2.79. The van der Waals surface area contributed by atoms with Gasteiger partial charge < -0.3 is 9.47 Å². The summed E-state index contributed by atoms with van der Waals surface area (Å²) in [6, 6.07) is 3.56. The van der Waals surface area contributed by atoms with Gasteiger partial charge in [-0.3, -0.25) is 4.79 Å². The molecule has 3 nitrogen and oxygen atoms in total. The van der Waals surface area contributed by atoms with Crippen LogP contribution in [-0.2, 0) is 0 Å². The smallest absolute Gasteiger partial charge is 0.180 e. The number of hydrogen-bond acceptors (Lipinski definition) is 4. The number of hydrogen-bond donors (Lipinski definition) is 0. The van der Waals surface area contributed by atoms with Gasteiger partial charge in [-0.2, -0.15) is 0 Å². The lowest BCUT2D eigenvalue weighted by molar-refractivity contribution is 0.112. The number of methoxy groups -OCH3 is 2. The van der Waals surface area contributed by atoms with Crippen molar-refractivity contribution in [3.63, 3.8) is 0 Å². The second-order valence-corrected chi connectivity index (χ2v) is 4.60. The van der Waals surface area contributed by atoms with Crippen molar-refractivity contribution >= 4 is 39.3 Å². The molecular formula is C11H9ClO3S. The fraction of sp³-hybridized carbons (Fsp3) is 0.182. The van der Waals surface area contributed by atoms with E-state index in [2.05, 4.69) is 0 Å². The Morgan fingerprint density at radius 3 is 2.62 bits per heavy atom. The normalized spacial score (nSPS) is 10.4. The average Bonchev–Trinajstić information content (AvgIpc) is 2.72. The van der Waals surface area contributed by atoms with Crippen molar-refractivity contribution in [1.29, 1.82) is 0 Å². The molecule has 0 aliphatic rings. The van der Waals surface area contributed by atoms with Crippen molar-refractivity contribution in [3.05, 3.63) is 22.0 Å². The van der Waals surface area contributed by atoms with Gasteiger partial charge in [-0.15, -0.1) is 11.3 Å². The van der Waals surface area contributed by atoms with Gasteiger partial charge in [-0.1, -0.05) is 11.6 Å². The van der Waals surface area contributed by atoms with Crippen molar-refractivity contribution in [2.75, 3.05) is 14.2 Å². The van der Waals surface area contributed by atoms with Gasteiger partial charge in [0.15, 0.2) is 17.8 Å². The van der Waals surface area contributed by atoms with E-state index in [4.69, 9.17) is 21.1 Å². The van der Waals surface area contributed by atoms with E-state index in [9.17, 15) is 4.79 Å². The third-order valence-electron chi connectivity index (χ3n) is 2.24. The van der Waals surface area contributed by atoms with E-state index in [1.54, 1.807) is 13.2 Å². The number of thiophene rings is 1. The molecule has 2 aromatic rings. The van der Waals surface area contributed by atoms with Crippen molar-refractivity contribution in [2.45, 2.75) is 0 Å². The third kappa shape index (κ3) is 1.64. The van der Waals surface area contributed by atoms with Crippen LogP contribution < -0.4 is 9.47 Å².